The summed E-state index contributed by atoms with van der Waals surface area (Å²) >= 11 is 0. The first kappa shape index (κ1) is 14.2. The van der Waals surface area contributed by atoms with E-state index in [1.54, 1.807) is 0 Å². The van der Waals surface area contributed by atoms with Crippen LogP contribution in [0.2, 0.25) is 0 Å². The molecule has 1 rings (SSSR count). The van der Waals surface area contributed by atoms with Crippen LogP contribution in [0, 0.1) is 10.1 Å². The first-order chi connectivity index (χ1) is 8.69. The van der Waals surface area contributed by atoms with E-state index in [1.807, 2.05) is 0 Å². The lowest BCUT2D eigenvalue weighted by Crippen LogP contribution is -2.09. The molecule has 1 aromatic carbocycles. The minimum atomic E-state index is -0.505. The zero-order chi connectivity index (χ0) is 13.4. The van der Waals surface area contributed by atoms with Crippen LogP contribution in [-0.2, 0) is 4.74 Å². The number of benzene rings is 1. The van der Waals surface area contributed by atoms with Gasteiger partial charge in [-0.15, -0.1) is 0 Å². The van der Waals surface area contributed by atoms with E-state index in [1.165, 1.54) is 25.3 Å². The third-order valence-corrected chi connectivity index (χ3v) is 2.08. The molecule has 7 nitrogen and oxygen atoms in total. The number of hydrogen-bond acceptors (Lipinski definition) is 6. The lowest BCUT2D eigenvalue weighted by Gasteiger charge is -2.10. The number of non-ortho nitro benzene ring substituents is 1. The van der Waals surface area contributed by atoms with Gasteiger partial charge in [-0.3, -0.25) is 10.1 Å². The predicted molar refractivity (Wildman–Crippen MR) is 63.0 cm³/mol. The summed E-state index contributed by atoms with van der Waals surface area (Å²) in [4.78, 5) is 10.1. The van der Waals surface area contributed by atoms with Gasteiger partial charge in [-0.1, -0.05) is 0 Å². The van der Waals surface area contributed by atoms with E-state index in [0.717, 1.165) is 0 Å². The molecule has 0 unspecified atom stereocenters. The van der Waals surface area contributed by atoms with Gasteiger partial charge in [-0.05, 0) is 6.07 Å². The number of nitro groups is 1. The van der Waals surface area contributed by atoms with Gasteiger partial charge in [-0.25, -0.2) is 0 Å². The molecule has 0 aromatic heterocycles. The zero-order valence-electron chi connectivity index (χ0n) is 10.00. The van der Waals surface area contributed by atoms with Gasteiger partial charge < -0.3 is 19.3 Å². The molecule has 0 bridgehead atoms. The molecule has 7 heteroatoms. The van der Waals surface area contributed by atoms with Crippen molar-refractivity contribution in [2.45, 2.75) is 0 Å². The van der Waals surface area contributed by atoms with E-state index < -0.39 is 4.92 Å². The van der Waals surface area contributed by atoms with Crippen LogP contribution in [0.25, 0.3) is 0 Å². The molecule has 0 spiro atoms. The predicted octanol–water partition coefficient (Wildman–Crippen LogP) is 0.991. The molecule has 0 aliphatic heterocycles. The third kappa shape index (κ3) is 4.19. The van der Waals surface area contributed by atoms with Gasteiger partial charge in [0.05, 0.1) is 37.9 Å². The Balaban J connectivity index is 2.61. The average Bonchev–Trinajstić information content (AvgIpc) is 2.38. The number of nitro benzene ring substituents is 1. The summed E-state index contributed by atoms with van der Waals surface area (Å²) in [5.74, 6) is 0.710. The van der Waals surface area contributed by atoms with Gasteiger partial charge in [0.1, 0.15) is 6.61 Å². The first-order valence-corrected chi connectivity index (χ1v) is 5.33. The van der Waals surface area contributed by atoms with Crippen LogP contribution in [0.3, 0.4) is 0 Å². The standard InChI is InChI=1S/C11H15NO6/c1-16-10-3-2-9(12(14)15)8-11(10)18-7-6-17-5-4-13/h2-3,8,13H,4-7H2,1H3. The van der Waals surface area contributed by atoms with Crippen molar-refractivity contribution in [2.24, 2.45) is 0 Å². The van der Waals surface area contributed by atoms with Crippen molar-refractivity contribution in [3.05, 3.63) is 28.3 Å². The van der Waals surface area contributed by atoms with Crippen molar-refractivity contribution in [1.82, 2.24) is 0 Å². The van der Waals surface area contributed by atoms with Crippen LogP contribution in [-0.4, -0.2) is 43.6 Å². The second kappa shape index (κ2) is 7.46. The molecular formula is C11H15NO6. The number of aliphatic hydroxyl groups excluding tert-OH is 1. The van der Waals surface area contributed by atoms with Crippen LogP contribution < -0.4 is 9.47 Å². The monoisotopic (exact) mass is 257 g/mol. The van der Waals surface area contributed by atoms with Crippen LogP contribution in [0.4, 0.5) is 5.69 Å². The fourth-order valence-corrected chi connectivity index (χ4v) is 1.27. The molecule has 0 aliphatic rings. The maximum atomic E-state index is 10.6. The molecule has 0 heterocycles. The summed E-state index contributed by atoms with van der Waals surface area (Å²) in [5, 5.41) is 19.1. The van der Waals surface area contributed by atoms with E-state index in [2.05, 4.69) is 0 Å². The maximum Gasteiger partial charge on any atom is 0.273 e. The molecule has 0 radical (unpaired) electrons. The van der Waals surface area contributed by atoms with Crippen molar-refractivity contribution in [2.75, 3.05) is 33.5 Å². The Bertz CT molecular complexity index is 395. The Hall–Kier alpha value is -1.86. The minimum absolute atomic E-state index is 0.0554. The summed E-state index contributed by atoms with van der Waals surface area (Å²) in [6.07, 6.45) is 0. The highest BCUT2D eigenvalue weighted by atomic mass is 16.6. The summed E-state index contributed by atoms with van der Waals surface area (Å²) in [6.45, 7) is 0.680. The molecule has 0 amide bonds. The molecule has 100 valence electrons. The quantitative estimate of drug-likeness (QED) is 0.424. The summed E-state index contributed by atoms with van der Waals surface area (Å²) < 4.78 is 15.4. The van der Waals surface area contributed by atoms with Gasteiger partial charge in [-0.2, -0.15) is 0 Å². The largest absolute Gasteiger partial charge is 0.493 e. The number of rotatable bonds is 8. The van der Waals surface area contributed by atoms with Gasteiger partial charge in [0.2, 0.25) is 0 Å². The first-order valence-electron chi connectivity index (χ1n) is 5.33. The highest BCUT2D eigenvalue weighted by Crippen LogP contribution is 2.30. The fraction of sp³-hybridized carbons (Fsp3) is 0.455. The number of nitrogens with zero attached hydrogens (tertiary/aromatic N) is 1. The number of methoxy groups -OCH3 is 1. The molecule has 0 fully saturated rings. The highest BCUT2D eigenvalue weighted by Gasteiger charge is 2.12. The molecule has 0 saturated carbocycles. The minimum Gasteiger partial charge on any atom is -0.493 e. The molecule has 1 aromatic rings. The van der Waals surface area contributed by atoms with Crippen LogP contribution in [0.1, 0.15) is 0 Å². The van der Waals surface area contributed by atoms with E-state index in [-0.39, 0.29) is 32.1 Å². The zero-order valence-corrected chi connectivity index (χ0v) is 10.00. The van der Waals surface area contributed by atoms with E-state index in [9.17, 15) is 10.1 Å². The van der Waals surface area contributed by atoms with Gasteiger partial charge >= 0.3 is 0 Å². The fourth-order valence-electron chi connectivity index (χ4n) is 1.27. The number of hydrogen-bond donors (Lipinski definition) is 1. The molecule has 0 atom stereocenters. The molecule has 0 aliphatic carbocycles. The topological polar surface area (TPSA) is 91.1 Å². The van der Waals surface area contributed by atoms with Crippen molar-refractivity contribution < 1.29 is 24.2 Å². The summed E-state index contributed by atoms with van der Waals surface area (Å²) in [6, 6.07) is 4.11. The van der Waals surface area contributed by atoms with Crippen LogP contribution in [0.5, 0.6) is 11.5 Å². The molecular weight excluding hydrogens is 242 g/mol. The van der Waals surface area contributed by atoms with Crippen molar-refractivity contribution >= 4 is 5.69 Å². The van der Waals surface area contributed by atoms with E-state index in [4.69, 9.17) is 19.3 Å². The van der Waals surface area contributed by atoms with Gasteiger partial charge in [0.15, 0.2) is 11.5 Å². The molecule has 18 heavy (non-hydrogen) atoms. The summed E-state index contributed by atoms with van der Waals surface area (Å²) in [7, 11) is 1.45. The Labute approximate surface area is 104 Å². The molecule has 1 N–H and O–H groups in total. The lowest BCUT2D eigenvalue weighted by atomic mass is 10.3. The van der Waals surface area contributed by atoms with Crippen molar-refractivity contribution in [3.63, 3.8) is 0 Å². The van der Waals surface area contributed by atoms with Crippen molar-refractivity contribution in [3.8, 4) is 11.5 Å². The second-order valence-electron chi connectivity index (χ2n) is 3.28. The van der Waals surface area contributed by atoms with Gasteiger partial charge in [0, 0.05) is 6.07 Å². The third-order valence-electron chi connectivity index (χ3n) is 2.08. The van der Waals surface area contributed by atoms with Crippen LogP contribution in [0.15, 0.2) is 18.2 Å². The van der Waals surface area contributed by atoms with Crippen molar-refractivity contribution in [1.29, 1.82) is 0 Å². The number of ether oxygens (including phenoxy) is 3. The number of aliphatic hydroxyl groups is 1. The SMILES string of the molecule is COc1ccc([N+](=O)[O-])cc1OCCOCCO. The van der Waals surface area contributed by atoms with E-state index >= 15 is 0 Å². The van der Waals surface area contributed by atoms with Gasteiger partial charge in [0.25, 0.3) is 5.69 Å². The molecule has 0 saturated heterocycles. The summed E-state index contributed by atoms with van der Waals surface area (Å²) in [5.41, 5.74) is -0.0675. The normalized spacial score (nSPS) is 10.1. The Kier molecular flexibility index (Phi) is 5.89. The maximum absolute atomic E-state index is 10.6. The lowest BCUT2D eigenvalue weighted by molar-refractivity contribution is -0.385. The second-order valence-corrected chi connectivity index (χ2v) is 3.28. The van der Waals surface area contributed by atoms with E-state index in [0.29, 0.717) is 11.5 Å². The van der Waals surface area contributed by atoms with Crippen LogP contribution >= 0.6 is 0 Å². The Morgan fingerprint density at radius 2 is 2.06 bits per heavy atom. The average molecular weight is 257 g/mol. The highest BCUT2D eigenvalue weighted by molar-refractivity contribution is 5.48. The smallest absolute Gasteiger partial charge is 0.273 e. The Morgan fingerprint density at radius 3 is 2.67 bits per heavy atom. The Morgan fingerprint density at radius 1 is 1.28 bits per heavy atom.